The molecule has 1 N–H and O–H groups in total. The number of oxime groups is 1. The quantitative estimate of drug-likeness (QED) is 0.861. The lowest BCUT2D eigenvalue weighted by molar-refractivity contribution is -0.129. The zero-order valence-electron chi connectivity index (χ0n) is 14.7. The van der Waals surface area contributed by atoms with E-state index < -0.39 is 6.10 Å². The largest absolute Gasteiger partial charge is 0.382 e. The number of rotatable bonds is 2. The van der Waals surface area contributed by atoms with Crippen LogP contribution in [0, 0.1) is 0 Å². The van der Waals surface area contributed by atoms with E-state index in [2.05, 4.69) is 10.5 Å². The first-order chi connectivity index (χ1) is 13.0. The highest BCUT2D eigenvalue weighted by molar-refractivity contribution is 6.30. The number of halogens is 1. The molecule has 0 fully saturated rings. The summed E-state index contributed by atoms with van der Waals surface area (Å²) in [5.41, 5.74) is 2.87. The Morgan fingerprint density at radius 2 is 1.93 bits per heavy atom. The van der Waals surface area contributed by atoms with Gasteiger partial charge in [-0.05, 0) is 36.8 Å². The van der Waals surface area contributed by atoms with Gasteiger partial charge in [-0.25, -0.2) is 0 Å². The van der Waals surface area contributed by atoms with Gasteiger partial charge in [0, 0.05) is 23.9 Å². The van der Waals surface area contributed by atoms with Crippen LogP contribution in [0.2, 0.25) is 5.02 Å². The topological polar surface area (TPSA) is 71.0 Å². The maximum absolute atomic E-state index is 13.2. The fraction of sp³-hybridized carbons (Fsp3) is 0.250. The number of nitrogens with zero attached hydrogens (tertiary/aromatic N) is 2. The molecule has 4 rings (SSSR count). The number of nitrogens with one attached hydrogen (secondary N) is 1. The summed E-state index contributed by atoms with van der Waals surface area (Å²) in [6.07, 6.45) is -0.134. The van der Waals surface area contributed by atoms with Crippen molar-refractivity contribution in [3.8, 4) is 0 Å². The highest BCUT2D eigenvalue weighted by Gasteiger charge is 2.37. The molecule has 2 amide bonds. The summed E-state index contributed by atoms with van der Waals surface area (Å²) in [6, 6.07) is 14.2. The minimum Gasteiger partial charge on any atom is -0.382 e. The number of para-hydroxylation sites is 2. The van der Waals surface area contributed by atoms with Crippen LogP contribution >= 0.6 is 11.6 Å². The smallest absolute Gasteiger partial charge is 0.271 e. The molecule has 7 heteroatoms. The van der Waals surface area contributed by atoms with Crippen molar-refractivity contribution >= 4 is 40.5 Å². The van der Waals surface area contributed by atoms with E-state index in [0.717, 1.165) is 5.56 Å². The zero-order chi connectivity index (χ0) is 19.0. The third-order valence-corrected chi connectivity index (χ3v) is 4.97. The Morgan fingerprint density at radius 1 is 1.19 bits per heavy atom. The number of benzene rings is 2. The average molecular weight is 384 g/mol. The van der Waals surface area contributed by atoms with Crippen molar-refractivity contribution < 1.29 is 14.4 Å². The monoisotopic (exact) mass is 383 g/mol. The second-order valence-corrected chi connectivity index (χ2v) is 7.11. The molecular weight excluding hydrogens is 366 g/mol. The Morgan fingerprint density at radius 3 is 2.70 bits per heavy atom. The summed E-state index contributed by atoms with van der Waals surface area (Å²) in [5, 5.41) is 7.59. The van der Waals surface area contributed by atoms with E-state index in [1.807, 2.05) is 37.3 Å². The summed E-state index contributed by atoms with van der Waals surface area (Å²) in [4.78, 5) is 32.4. The van der Waals surface area contributed by atoms with Crippen LogP contribution in [0.4, 0.5) is 11.4 Å². The van der Waals surface area contributed by atoms with Gasteiger partial charge in [0.05, 0.1) is 17.1 Å². The Balaban J connectivity index is 1.58. The van der Waals surface area contributed by atoms with Gasteiger partial charge in [0.2, 0.25) is 12.0 Å². The third kappa shape index (κ3) is 3.40. The van der Waals surface area contributed by atoms with Gasteiger partial charge in [0.15, 0.2) is 0 Å². The van der Waals surface area contributed by atoms with Gasteiger partial charge in [-0.3, -0.25) is 9.59 Å². The highest BCUT2D eigenvalue weighted by Crippen LogP contribution is 2.33. The van der Waals surface area contributed by atoms with E-state index in [1.54, 1.807) is 23.1 Å². The first kappa shape index (κ1) is 17.5. The Bertz CT molecular complexity index is 926. The molecule has 0 bridgehead atoms. The van der Waals surface area contributed by atoms with E-state index in [-0.39, 0.29) is 24.3 Å². The Hall–Kier alpha value is -2.86. The minimum absolute atomic E-state index is 0.115. The number of amides is 2. The van der Waals surface area contributed by atoms with Gasteiger partial charge >= 0.3 is 0 Å². The zero-order valence-corrected chi connectivity index (χ0v) is 15.4. The number of carbonyl (C=O) groups excluding carboxylic acids is 2. The maximum Gasteiger partial charge on any atom is 0.271 e. The molecule has 0 saturated heterocycles. The Labute approximate surface area is 161 Å². The van der Waals surface area contributed by atoms with Crippen LogP contribution < -0.4 is 10.2 Å². The number of hydrogen-bond acceptors (Lipinski definition) is 4. The maximum atomic E-state index is 13.2. The lowest BCUT2D eigenvalue weighted by atomic mass is 10.0. The van der Waals surface area contributed by atoms with E-state index in [4.69, 9.17) is 16.4 Å². The van der Waals surface area contributed by atoms with E-state index in [1.165, 1.54) is 0 Å². The standard InChI is InChI=1S/C20H18ClN3O3/c1-12-10-19(25)22-15-4-2-3-5-17(15)24(12)20(26)18-11-16(23-27-18)13-6-8-14(21)9-7-13/h2-9,12,18H,10-11H2,1H3,(H,22,25)/t12-,18+/m0/s1. The van der Waals surface area contributed by atoms with Crippen LogP contribution in [-0.4, -0.2) is 29.7 Å². The molecule has 2 aliphatic heterocycles. The summed E-state index contributed by atoms with van der Waals surface area (Å²) >= 11 is 5.92. The summed E-state index contributed by atoms with van der Waals surface area (Å²) in [6.45, 7) is 1.86. The highest BCUT2D eigenvalue weighted by atomic mass is 35.5. The van der Waals surface area contributed by atoms with Crippen molar-refractivity contribution in [1.82, 2.24) is 0 Å². The van der Waals surface area contributed by atoms with Crippen molar-refractivity contribution in [2.24, 2.45) is 5.16 Å². The van der Waals surface area contributed by atoms with Gasteiger partial charge in [0.1, 0.15) is 0 Å². The van der Waals surface area contributed by atoms with Crippen LogP contribution in [0.3, 0.4) is 0 Å². The average Bonchev–Trinajstić information content (AvgIpc) is 3.09. The summed E-state index contributed by atoms with van der Waals surface area (Å²) < 4.78 is 0. The molecule has 2 heterocycles. The van der Waals surface area contributed by atoms with E-state index >= 15 is 0 Å². The molecule has 0 aromatic heterocycles. The van der Waals surface area contributed by atoms with E-state index in [9.17, 15) is 9.59 Å². The molecule has 6 nitrogen and oxygen atoms in total. The SMILES string of the molecule is C[C@H]1CC(=O)Nc2ccccc2N1C(=O)[C@H]1CC(c2ccc(Cl)cc2)=NO1. The lowest BCUT2D eigenvalue weighted by Crippen LogP contribution is -2.45. The molecule has 27 heavy (non-hydrogen) atoms. The number of carbonyl (C=O) groups is 2. The normalized spacial score (nSPS) is 21.6. The van der Waals surface area contributed by atoms with Crippen molar-refractivity contribution in [1.29, 1.82) is 0 Å². The predicted octanol–water partition coefficient (Wildman–Crippen LogP) is 3.60. The second-order valence-electron chi connectivity index (χ2n) is 6.67. The van der Waals surface area contributed by atoms with Gasteiger partial charge in [-0.2, -0.15) is 0 Å². The first-order valence-corrected chi connectivity index (χ1v) is 9.11. The van der Waals surface area contributed by atoms with Crippen LogP contribution in [0.5, 0.6) is 0 Å². The molecule has 0 radical (unpaired) electrons. The minimum atomic E-state index is -0.723. The molecule has 138 valence electrons. The van der Waals surface area contributed by atoms with Crippen molar-refractivity contribution in [2.75, 3.05) is 10.2 Å². The van der Waals surface area contributed by atoms with Crippen LogP contribution in [0.15, 0.2) is 53.7 Å². The first-order valence-electron chi connectivity index (χ1n) is 8.73. The number of fused-ring (bicyclic) bond motifs is 1. The van der Waals surface area contributed by atoms with Gasteiger partial charge in [-0.15, -0.1) is 0 Å². The lowest BCUT2D eigenvalue weighted by Gasteiger charge is -2.29. The van der Waals surface area contributed by atoms with Gasteiger partial charge in [-0.1, -0.05) is 41.0 Å². The van der Waals surface area contributed by atoms with Gasteiger partial charge in [0.25, 0.3) is 5.91 Å². The van der Waals surface area contributed by atoms with E-state index in [0.29, 0.717) is 28.5 Å². The molecule has 0 aliphatic carbocycles. The van der Waals surface area contributed by atoms with Crippen molar-refractivity contribution in [3.05, 3.63) is 59.1 Å². The van der Waals surface area contributed by atoms with Crippen molar-refractivity contribution in [3.63, 3.8) is 0 Å². The molecule has 0 spiro atoms. The molecular formula is C20H18ClN3O3. The molecule has 2 aromatic rings. The molecule has 0 saturated carbocycles. The Kier molecular flexibility index (Phi) is 4.58. The second kappa shape index (κ2) is 7.04. The molecule has 0 unspecified atom stereocenters. The fourth-order valence-electron chi connectivity index (χ4n) is 3.40. The molecule has 2 atom stereocenters. The fourth-order valence-corrected chi connectivity index (χ4v) is 3.53. The third-order valence-electron chi connectivity index (χ3n) is 4.72. The number of anilines is 2. The molecule has 2 aliphatic rings. The van der Waals surface area contributed by atoms with Crippen LogP contribution in [0.25, 0.3) is 0 Å². The predicted molar refractivity (Wildman–Crippen MR) is 104 cm³/mol. The molecule has 2 aromatic carbocycles. The number of hydrogen-bond donors (Lipinski definition) is 1. The van der Waals surface area contributed by atoms with Gasteiger partial charge < -0.3 is 15.1 Å². The van der Waals surface area contributed by atoms with Crippen LogP contribution in [0.1, 0.15) is 25.3 Å². The van der Waals surface area contributed by atoms with Crippen LogP contribution in [-0.2, 0) is 14.4 Å². The summed E-state index contributed by atoms with van der Waals surface area (Å²) in [7, 11) is 0. The van der Waals surface area contributed by atoms with Crippen molar-refractivity contribution in [2.45, 2.75) is 31.9 Å². The summed E-state index contributed by atoms with van der Waals surface area (Å²) in [5.74, 6) is -0.324.